The summed E-state index contributed by atoms with van der Waals surface area (Å²) in [5, 5.41) is 5.77. The summed E-state index contributed by atoms with van der Waals surface area (Å²) in [7, 11) is 0. The van der Waals surface area contributed by atoms with Crippen molar-refractivity contribution in [2.45, 2.75) is 32.4 Å². The first-order chi connectivity index (χ1) is 12.0. The normalized spacial score (nSPS) is 13.1. The van der Waals surface area contributed by atoms with Gasteiger partial charge < -0.3 is 15.1 Å². The maximum atomic E-state index is 12.7. The topological polar surface area (TPSA) is 71.3 Å². The number of hydrogen-bond acceptors (Lipinski definition) is 4. The molecular formula is C19H24N2O3S. The minimum Gasteiger partial charge on any atom is -0.459 e. The van der Waals surface area contributed by atoms with Gasteiger partial charge in [-0.3, -0.25) is 9.59 Å². The molecule has 0 fully saturated rings. The maximum Gasteiger partial charge on any atom is 0.287 e. The molecule has 2 unspecified atom stereocenters. The van der Waals surface area contributed by atoms with Crippen molar-refractivity contribution < 1.29 is 14.0 Å². The van der Waals surface area contributed by atoms with Crippen LogP contribution in [0.4, 0.5) is 0 Å². The van der Waals surface area contributed by atoms with Crippen LogP contribution in [0.3, 0.4) is 0 Å². The molecule has 0 radical (unpaired) electrons. The molecule has 0 aliphatic heterocycles. The molecule has 6 heteroatoms. The molecule has 0 aliphatic carbocycles. The van der Waals surface area contributed by atoms with Crippen LogP contribution in [-0.4, -0.2) is 29.9 Å². The highest BCUT2D eigenvalue weighted by Gasteiger charge is 2.24. The van der Waals surface area contributed by atoms with Crippen LogP contribution >= 0.6 is 11.8 Å². The van der Waals surface area contributed by atoms with E-state index in [0.717, 1.165) is 16.9 Å². The van der Waals surface area contributed by atoms with E-state index in [1.165, 1.54) is 6.26 Å². The van der Waals surface area contributed by atoms with Crippen LogP contribution in [-0.2, 0) is 4.79 Å². The van der Waals surface area contributed by atoms with Crippen LogP contribution < -0.4 is 10.6 Å². The number of aryl methyl sites for hydroxylation is 1. The SMILES string of the molecule is CSCCC(NC(=O)c1ccco1)C(=O)NC(C)c1ccccc1C. The second-order valence-corrected chi connectivity index (χ2v) is 6.86. The van der Waals surface area contributed by atoms with Crippen LogP contribution in [0, 0.1) is 6.92 Å². The molecule has 0 saturated heterocycles. The standard InChI is InChI=1S/C19H24N2O3S/c1-13-7-4-5-8-15(13)14(2)20-18(22)16(10-12-25-3)21-19(23)17-9-6-11-24-17/h4-9,11,14,16H,10,12H2,1-3H3,(H,20,22)(H,21,23). The Balaban J connectivity index is 2.04. The molecule has 0 aliphatic rings. The fourth-order valence-electron chi connectivity index (χ4n) is 2.61. The summed E-state index contributed by atoms with van der Waals surface area (Å²) in [4.78, 5) is 24.9. The number of benzene rings is 1. The zero-order valence-corrected chi connectivity index (χ0v) is 15.6. The summed E-state index contributed by atoms with van der Waals surface area (Å²) >= 11 is 1.63. The Hall–Kier alpha value is -2.21. The molecule has 134 valence electrons. The van der Waals surface area contributed by atoms with Gasteiger partial charge in [0.05, 0.1) is 12.3 Å². The first-order valence-electron chi connectivity index (χ1n) is 8.22. The highest BCUT2D eigenvalue weighted by atomic mass is 32.2. The van der Waals surface area contributed by atoms with Gasteiger partial charge in [0.25, 0.3) is 5.91 Å². The number of nitrogens with one attached hydrogen (secondary N) is 2. The summed E-state index contributed by atoms with van der Waals surface area (Å²) in [6, 6.07) is 10.4. The number of furan rings is 1. The van der Waals surface area contributed by atoms with Gasteiger partial charge in [-0.1, -0.05) is 24.3 Å². The van der Waals surface area contributed by atoms with Gasteiger partial charge in [-0.25, -0.2) is 0 Å². The quantitative estimate of drug-likeness (QED) is 0.758. The van der Waals surface area contributed by atoms with Gasteiger partial charge >= 0.3 is 0 Å². The number of hydrogen-bond donors (Lipinski definition) is 2. The van der Waals surface area contributed by atoms with Gasteiger partial charge in [0.1, 0.15) is 6.04 Å². The van der Waals surface area contributed by atoms with E-state index in [0.29, 0.717) is 6.42 Å². The van der Waals surface area contributed by atoms with Crippen molar-refractivity contribution in [3.8, 4) is 0 Å². The van der Waals surface area contributed by atoms with Crippen molar-refractivity contribution in [3.05, 3.63) is 59.5 Å². The van der Waals surface area contributed by atoms with E-state index in [4.69, 9.17) is 4.42 Å². The third-order valence-corrected chi connectivity index (χ3v) is 4.64. The van der Waals surface area contributed by atoms with Gasteiger partial charge in [-0.2, -0.15) is 11.8 Å². The van der Waals surface area contributed by atoms with Gasteiger partial charge in [0.2, 0.25) is 5.91 Å². The van der Waals surface area contributed by atoms with Crippen molar-refractivity contribution in [1.29, 1.82) is 0 Å². The Labute approximate surface area is 152 Å². The van der Waals surface area contributed by atoms with Crippen molar-refractivity contribution in [3.63, 3.8) is 0 Å². The first-order valence-corrected chi connectivity index (χ1v) is 9.61. The van der Waals surface area contributed by atoms with Crippen LogP contribution in [0.1, 0.15) is 41.1 Å². The smallest absolute Gasteiger partial charge is 0.287 e. The number of carbonyl (C=O) groups excluding carboxylic acids is 2. The third kappa shape index (κ3) is 5.39. The summed E-state index contributed by atoms with van der Waals surface area (Å²) in [6.45, 7) is 3.96. The molecule has 0 saturated carbocycles. The van der Waals surface area contributed by atoms with Gasteiger partial charge in [-0.15, -0.1) is 0 Å². The van der Waals surface area contributed by atoms with Gasteiger partial charge in [0, 0.05) is 0 Å². The lowest BCUT2D eigenvalue weighted by Crippen LogP contribution is -2.47. The van der Waals surface area contributed by atoms with Gasteiger partial charge in [-0.05, 0) is 55.5 Å². The molecule has 2 rings (SSSR count). The summed E-state index contributed by atoms with van der Waals surface area (Å²) in [6.07, 6.45) is 3.96. The average molecular weight is 360 g/mol. The zero-order valence-electron chi connectivity index (χ0n) is 14.7. The molecule has 2 amide bonds. The molecular weight excluding hydrogens is 336 g/mol. The number of thioether (sulfide) groups is 1. The van der Waals surface area contributed by atoms with Crippen LogP contribution in [0.2, 0.25) is 0 Å². The highest BCUT2D eigenvalue weighted by molar-refractivity contribution is 7.98. The lowest BCUT2D eigenvalue weighted by Gasteiger charge is -2.22. The third-order valence-electron chi connectivity index (χ3n) is 3.99. The second kappa shape index (κ2) is 9.32. The largest absolute Gasteiger partial charge is 0.459 e. The Morgan fingerprint density at radius 1 is 1.16 bits per heavy atom. The van der Waals surface area contributed by atoms with Crippen LogP contribution in [0.15, 0.2) is 47.1 Å². The molecule has 1 aromatic carbocycles. The Kier molecular flexibility index (Phi) is 7.13. The van der Waals surface area contributed by atoms with Crippen molar-refractivity contribution in [1.82, 2.24) is 10.6 Å². The highest BCUT2D eigenvalue weighted by Crippen LogP contribution is 2.17. The van der Waals surface area contributed by atoms with Gasteiger partial charge in [0.15, 0.2) is 5.76 Å². The lowest BCUT2D eigenvalue weighted by molar-refractivity contribution is -0.123. The molecule has 2 N–H and O–H groups in total. The van der Waals surface area contributed by atoms with E-state index in [1.807, 2.05) is 44.4 Å². The number of carbonyl (C=O) groups is 2. The lowest BCUT2D eigenvalue weighted by atomic mass is 10.0. The zero-order chi connectivity index (χ0) is 18.2. The van der Waals surface area contributed by atoms with Crippen molar-refractivity contribution in [2.75, 3.05) is 12.0 Å². The number of amides is 2. The molecule has 1 aromatic heterocycles. The molecule has 0 bridgehead atoms. The molecule has 2 aromatic rings. The van der Waals surface area contributed by atoms with E-state index in [9.17, 15) is 9.59 Å². The van der Waals surface area contributed by atoms with E-state index < -0.39 is 6.04 Å². The molecule has 25 heavy (non-hydrogen) atoms. The van der Waals surface area contributed by atoms with Crippen LogP contribution in [0.25, 0.3) is 0 Å². The fraction of sp³-hybridized carbons (Fsp3) is 0.368. The molecule has 0 spiro atoms. The van der Waals surface area contributed by atoms with Crippen LogP contribution in [0.5, 0.6) is 0 Å². The summed E-state index contributed by atoms with van der Waals surface area (Å²) in [5.41, 5.74) is 2.19. The first kappa shape index (κ1) is 19.1. The minimum atomic E-state index is -0.600. The predicted molar refractivity (Wildman–Crippen MR) is 101 cm³/mol. The van der Waals surface area contributed by atoms with E-state index in [2.05, 4.69) is 10.6 Å². The minimum absolute atomic E-state index is 0.133. The fourth-order valence-corrected chi connectivity index (χ4v) is 3.08. The Morgan fingerprint density at radius 2 is 1.92 bits per heavy atom. The maximum absolute atomic E-state index is 12.7. The molecule has 2 atom stereocenters. The summed E-state index contributed by atoms with van der Waals surface area (Å²) in [5.74, 6) is 0.406. The Morgan fingerprint density at radius 3 is 2.56 bits per heavy atom. The second-order valence-electron chi connectivity index (χ2n) is 5.87. The predicted octanol–water partition coefficient (Wildman–Crippen LogP) is 3.32. The molecule has 5 nitrogen and oxygen atoms in total. The summed E-state index contributed by atoms with van der Waals surface area (Å²) < 4.78 is 5.10. The Bertz CT molecular complexity index is 700. The monoisotopic (exact) mass is 360 g/mol. The number of rotatable bonds is 8. The average Bonchev–Trinajstić information content (AvgIpc) is 3.13. The van der Waals surface area contributed by atoms with Crippen molar-refractivity contribution in [2.24, 2.45) is 0 Å². The van der Waals surface area contributed by atoms with Crippen molar-refractivity contribution >= 4 is 23.6 Å². The van der Waals surface area contributed by atoms with E-state index >= 15 is 0 Å². The molecule has 1 heterocycles. The van der Waals surface area contributed by atoms with E-state index in [1.54, 1.807) is 23.9 Å². The van der Waals surface area contributed by atoms with E-state index in [-0.39, 0.29) is 23.6 Å².